The summed E-state index contributed by atoms with van der Waals surface area (Å²) >= 11 is 6.12. The molecule has 0 aliphatic heterocycles. The van der Waals surface area contributed by atoms with E-state index < -0.39 is 17.7 Å². The Hall–Kier alpha value is -1.50. The summed E-state index contributed by atoms with van der Waals surface area (Å²) in [5, 5.41) is 4.55. The topological polar surface area (TPSA) is 47.1 Å². The average molecular weight is 315 g/mol. The van der Waals surface area contributed by atoms with E-state index >= 15 is 0 Å². The summed E-state index contributed by atoms with van der Waals surface area (Å²) in [5.41, 5.74) is 6.98. The molecule has 7 heteroatoms. The largest absolute Gasteiger partial charge is 0.319 e. The second-order valence-corrected chi connectivity index (χ2v) is 5.49. The van der Waals surface area contributed by atoms with Crippen molar-refractivity contribution in [1.29, 1.82) is 0 Å². The molecule has 1 heterocycles. The fourth-order valence-electron chi connectivity index (χ4n) is 2.07. The maximum absolute atomic E-state index is 13.3. The molecule has 0 amide bonds. The molecule has 1 aromatic heterocycles. The average Bonchev–Trinajstić information content (AvgIpc) is 2.75. The highest BCUT2D eigenvalue weighted by atomic mass is 35.5. The van der Waals surface area contributed by atoms with Crippen LogP contribution in [0.1, 0.15) is 17.3 Å². The number of nitrogens with zero attached hydrogens (tertiary/aromatic N) is 3. The minimum Gasteiger partial charge on any atom is -0.319 e. The van der Waals surface area contributed by atoms with Crippen LogP contribution in [0.3, 0.4) is 0 Å². The molecule has 4 nitrogen and oxygen atoms in total. The molecule has 0 bridgehead atoms. The van der Waals surface area contributed by atoms with Crippen molar-refractivity contribution in [3.8, 4) is 0 Å². The molecule has 0 saturated carbocycles. The fourth-order valence-corrected chi connectivity index (χ4v) is 2.33. The van der Waals surface area contributed by atoms with Gasteiger partial charge < -0.3 is 10.6 Å². The lowest BCUT2D eigenvalue weighted by Gasteiger charge is -2.17. The van der Waals surface area contributed by atoms with Gasteiger partial charge in [0.05, 0.1) is 29.5 Å². The van der Waals surface area contributed by atoms with Gasteiger partial charge in [-0.2, -0.15) is 5.10 Å². The number of halogens is 3. The van der Waals surface area contributed by atoms with Crippen LogP contribution in [0, 0.1) is 11.6 Å². The van der Waals surface area contributed by atoms with E-state index in [1.807, 2.05) is 19.0 Å². The van der Waals surface area contributed by atoms with Crippen molar-refractivity contribution < 1.29 is 8.78 Å². The molecule has 2 aromatic rings. The molecule has 1 unspecified atom stereocenters. The zero-order valence-electron chi connectivity index (χ0n) is 11.9. The first-order valence-corrected chi connectivity index (χ1v) is 6.84. The summed E-state index contributed by atoms with van der Waals surface area (Å²) in [6.07, 6.45) is 1.49. The normalized spacial score (nSPS) is 12.9. The zero-order chi connectivity index (χ0) is 15.6. The first kappa shape index (κ1) is 15.9. The number of hydrogen-bond acceptors (Lipinski definition) is 3. The van der Waals surface area contributed by atoms with E-state index in [1.54, 1.807) is 4.68 Å². The van der Waals surface area contributed by atoms with Crippen molar-refractivity contribution in [3.63, 3.8) is 0 Å². The van der Waals surface area contributed by atoms with Crippen LogP contribution < -0.4 is 5.73 Å². The summed E-state index contributed by atoms with van der Waals surface area (Å²) in [7, 11) is 3.87. The predicted octanol–water partition coefficient (Wildman–Crippen LogP) is 2.42. The van der Waals surface area contributed by atoms with Crippen molar-refractivity contribution in [1.82, 2.24) is 14.7 Å². The molecule has 114 valence electrons. The maximum atomic E-state index is 13.3. The van der Waals surface area contributed by atoms with E-state index in [2.05, 4.69) is 5.10 Å². The van der Waals surface area contributed by atoms with Crippen LogP contribution in [0.15, 0.2) is 24.4 Å². The van der Waals surface area contributed by atoms with Gasteiger partial charge >= 0.3 is 0 Å². The number of benzene rings is 1. The number of likely N-dealkylation sites (N-methyl/N-ethyl adjacent to an activating group) is 1. The highest BCUT2D eigenvalue weighted by Gasteiger charge is 2.20. The van der Waals surface area contributed by atoms with Gasteiger partial charge in [0.1, 0.15) is 11.6 Å². The molecule has 2 rings (SSSR count). The predicted molar refractivity (Wildman–Crippen MR) is 78.2 cm³/mol. The van der Waals surface area contributed by atoms with Gasteiger partial charge in [0.2, 0.25) is 0 Å². The Morgan fingerprint density at radius 2 is 1.90 bits per heavy atom. The first-order valence-electron chi connectivity index (χ1n) is 6.46. The Bertz CT molecular complexity index is 607. The van der Waals surface area contributed by atoms with Gasteiger partial charge in [-0.25, -0.2) is 8.78 Å². The zero-order valence-corrected chi connectivity index (χ0v) is 12.6. The van der Waals surface area contributed by atoms with Crippen molar-refractivity contribution in [3.05, 3.63) is 52.3 Å². The summed E-state index contributed by atoms with van der Waals surface area (Å²) in [6, 6.07) is 2.47. The van der Waals surface area contributed by atoms with Gasteiger partial charge in [-0.3, -0.25) is 4.68 Å². The lowest BCUT2D eigenvalue weighted by Crippen LogP contribution is -2.23. The molecule has 0 aliphatic rings. The monoisotopic (exact) mass is 314 g/mol. The minimum absolute atomic E-state index is 0.320. The Labute approximate surface area is 127 Å². The van der Waals surface area contributed by atoms with E-state index in [-0.39, 0.29) is 0 Å². The van der Waals surface area contributed by atoms with Gasteiger partial charge in [0.15, 0.2) is 0 Å². The van der Waals surface area contributed by atoms with Crippen LogP contribution in [0.2, 0.25) is 5.02 Å². The summed E-state index contributed by atoms with van der Waals surface area (Å²) in [5.74, 6) is -1.34. The number of hydrogen-bond donors (Lipinski definition) is 1. The fraction of sp³-hybridized carbons (Fsp3) is 0.357. The van der Waals surface area contributed by atoms with Crippen molar-refractivity contribution in [2.75, 3.05) is 20.6 Å². The molecule has 0 saturated heterocycles. The van der Waals surface area contributed by atoms with E-state index in [0.717, 1.165) is 12.6 Å². The Balaban J connectivity index is 2.33. The molecule has 0 fully saturated rings. The lowest BCUT2D eigenvalue weighted by atomic mass is 10.0. The van der Waals surface area contributed by atoms with Gasteiger partial charge in [0, 0.05) is 12.6 Å². The number of nitrogens with two attached hydrogens (primary N) is 1. The first-order chi connectivity index (χ1) is 9.88. The Kier molecular flexibility index (Phi) is 4.92. The third-order valence-corrected chi connectivity index (χ3v) is 3.42. The number of aromatic nitrogens is 2. The Morgan fingerprint density at radius 1 is 1.29 bits per heavy atom. The molecule has 1 aromatic carbocycles. The van der Waals surface area contributed by atoms with Crippen LogP contribution in [-0.4, -0.2) is 35.3 Å². The maximum Gasteiger partial charge on any atom is 0.126 e. The molecule has 2 N–H and O–H groups in total. The van der Waals surface area contributed by atoms with E-state index in [0.29, 0.717) is 22.8 Å². The standard InChI is InChI=1S/C14H17ClF2N4/c1-20(2)3-4-21-14(12(15)8-19-21)13(18)9-5-10(16)7-11(17)6-9/h5-8,13H,3-4,18H2,1-2H3. The Morgan fingerprint density at radius 3 is 2.48 bits per heavy atom. The van der Waals surface area contributed by atoms with E-state index in [4.69, 9.17) is 17.3 Å². The SMILES string of the molecule is CN(C)CCn1ncc(Cl)c1C(N)c1cc(F)cc(F)c1. The summed E-state index contributed by atoms with van der Waals surface area (Å²) in [4.78, 5) is 1.99. The second-order valence-electron chi connectivity index (χ2n) is 5.08. The second kappa shape index (κ2) is 6.51. The highest BCUT2D eigenvalue weighted by Crippen LogP contribution is 2.27. The van der Waals surface area contributed by atoms with Crippen LogP contribution in [0.5, 0.6) is 0 Å². The van der Waals surface area contributed by atoms with E-state index in [9.17, 15) is 8.78 Å². The van der Waals surface area contributed by atoms with Gasteiger partial charge in [-0.1, -0.05) is 11.6 Å². The van der Waals surface area contributed by atoms with Gasteiger partial charge in [-0.05, 0) is 31.8 Å². The molecule has 0 aliphatic carbocycles. The molecule has 21 heavy (non-hydrogen) atoms. The smallest absolute Gasteiger partial charge is 0.126 e. The third-order valence-electron chi connectivity index (χ3n) is 3.13. The number of rotatable bonds is 5. The van der Waals surface area contributed by atoms with Crippen LogP contribution >= 0.6 is 11.6 Å². The summed E-state index contributed by atoms with van der Waals surface area (Å²) < 4.78 is 28.3. The molecular weight excluding hydrogens is 298 g/mol. The quantitative estimate of drug-likeness (QED) is 0.922. The van der Waals surface area contributed by atoms with Gasteiger partial charge in [-0.15, -0.1) is 0 Å². The molecule has 0 spiro atoms. The van der Waals surface area contributed by atoms with Crippen molar-refractivity contribution in [2.45, 2.75) is 12.6 Å². The minimum atomic E-state index is -0.743. The van der Waals surface area contributed by atoms with Gasteiger partial charge in [0.25, 0.3) is 0 Å². The molecule has 1 atom stereocenters. The molecule has 0 radical (unpaired) electrons. The van der Waals surface area contributed by atoms with Crippen LogP contribution in [0.25, 0.3) is 0 Å². The summed E-state index contributed by atoms with van der Waals surface area (Å²) in [6.45, 7) is 1.33. The van der Waals surface area contributed by atoms with Crippen molar-refractivity contribution >= 4 is 11.6 Å². The van der Waals surface area contributed by atoms with Crippen LogP contribution in [0.4, 0.5) is 8.78 Å². The van der Waals surface area contributed by atoms with Crippen molar-refractivity contribution in [2.24, 2.45) is 5.73 Å². The van der Waals surface area contributed by atoms with Crippen LogP contribution in [-0.2, 0) is 6.54 Å². The van der Waals surface area contributed by atoms with E-state index in [1.165, 1.54) is 18.3 Å². The highest BCUT2D eigenvalue weighted by molar-refractivity contribution is 6.31. The molecular formula is C14H17ClF2N4. The lowest BCUT2D eigenvalue weighted by molar-refractivity contribution is 0.368. The third kappa shape index (κ3) is 3.78.